The molecule has 1 heterocycles. The maximum absolute atomic E-state index is 9.06. The highest BCUT2D eigenvalue weighted by Crippen LogP contribution is 2.28. The van der Waals surface area contributed by atoms with E-state index in [1.807, 2.05) is 12.5 Å². The molecule has 1 aromatic heterocycles. The lowest BCUT2D eigenvalue weighted by molar-refractivity contribution is 0.180. The summed E-state index contributed by atoms with van der Waals surface area (Å²) in [6.45, 7) is 6.25. The van der Waals surface area contributed by atoms with E-state index in [9.17, 15) is 0 Å². The molecule has 2 rings (SSSR count). The quantitative estimate of drug-likeness (QED) is 0.793. The Bertz CT molecular complexity index is 331. The zero-order valence-corrected chi connectivity index (χ0v) is 10.1. The van der Waals surface area contributed by atoms with Crippen molar-refractivity contribution in [2.75, 3.05) is 13.2 Å². The first kappa shape index (κ1) is 11.6. The van der Waals surface area contributed by atoms with Crippen molar-refractivity contribution in [3.63, 3.8) is 0 Å². The van der Waals surface area contributed by atoms with Crippen LogP contribution in [0.15, 0.2) is 12.5 Å². The van der Waals surface area contributed by atoms with Gasteiger partial charge in [-0.1, -0.05) is 0 Å². The van der Waals surface area contributed by atoms with Crippen LogP contribution in [0.25, 0.3) is 0 Å². The van der Waals surface area contributed by atoms with Gasteiger partial charge >= 0.3 is 0 Å². The van der Waals surface area contributed by atoms with Crippen LogP contribution in [0.1, 0.15) is 38.4 Å². The normalized spacial score (nSPS) is 16.3. The van der Waals surface area contributed by atoms with Gasteiger partial charge in [0.2, 0.25) is 0 Å². The molecule has 0 aromatic carbocycles. The third-order valence-corrected chi connectivity index (χ3v) is 3.12. The third kappa shape index (κ3) is 2.62. The van der Waals surface area contributed by atoms with Gasteiger partial charge in [0.05, 0.1) is 18.6 Å². The van der Waals surface area contributed by atoms with Crippen LogP contribution in [0, 0.1) is 0 Å². The van der Waals surface area contributed by atoms with Crippen LogP contribution in [0.5, 0.6) is 0 Å². The van der Waals surface area contributed by atoms with Crippen LogP contribution in [-0.2, 0) is 6.54 Å². The van der Waals surface area contributed by atoms with Crippen molar-refractivity contribution in [3.8, 4) is 0 Å². The molecule has 1 aliphatic rings. The molecule has 0 saturated heterocycles. The van der Waals surface area contributed by atoms with E-state index in [1.54, 1.807) is 0 Å². The first-order valence-electron chi connectivity index (χ1n) is 6.08. The molecule has 0 aliphatic heterocycles. The summed E-state index contributed by atoms with van der Waals surface area (Å²) in [6, 6.07) is 1.13. The van der Waals surface area contributed by atoms with E-state index < -0.39 is 0 Å². The largest absolute Gasteiger partial charge is 0.395 e. The monoisotopic (exact) mass is 223 g/mol. The Kier molecular flexibility index (Phi) is 3.61. The molecule has 16 heavy (non-hydrogen) atoms. The van der Waals surface area contributed by atoms with Crippen LogP contribution in [-0.4, -0.2) is 38.8 Å². The van der Waals surface area contributed by atoms with Gasteiger partial charge in [-0.05, 0) is 26.7 Å². The molecular weight excluding hydrogens is 202 g/mol. The zero-order valence-electron chi connectivity index (χ0n) is 10.1. The average molecular weight is 223 g/mol. The maximum atomic E-state index is 9.06. The van der Waals surface area contributed by atoms with Crippen LogP contribution < -0.4 is 0 Å². The van der Waals surface area contributed by atoms with E-state index in [4.69, 9.17) is 5.11 Å². The first-order chi connectivity index (χ1) is 7.72. The molecule has 0 atom stereocenters. The summed E-state index contributed by atoms with van der Waals surface area (Å²) in [7, 11) is 0. The molecule has 90 valence electrons. The summed E-state index contributed by atoms with van der Waals surface area (Å²) in [6.07, 6.45) is 6.38. The molecule has 0 spiro atoms. The van der Waals surface area contributed by atoms with Gasteiger partial charge in [-0.2, -0.15) is 0 Å². The molecule has 0 bridgehead atoms. The summed E-state index contributed by atoms with van der Waals surface area (Å²) >= 11 is 0. The van der Waals surface area contributed by atoms with Gasteiger partial charge in [-0.3, -0.25) is 4.90 Å². The first-order valence-corrected chi connectivity index (χ1v) is 6.08. The highest BCUT2D eigenvalue weighted by molar-refractivity contribution is 5.01. The van der Waals surface area contributed by atoms with Crippen molar-refractivity contribution < 1.29 is 5.11 Å². The smallest absolute Gasteiger partial charge is 0.0951 e. The molecule has 0 unspecified atom stereocenters. The lowest BCUT2D eigenvalue weighted by Crippen LogP contribution is -2.29. The zero-order chi connectivity index (χ0) is 11.5. The molecule has 4 nitrogen and oxygen atoms in total. The fourth-order valence-electron chi connectivity index (χ4n) is 2.09. The highest BCUT2D eigenvalue weighted by atomic mass is 16.3. The van der Waals surface area contributed by atoms with Crippen molar-refractivity contribution in [3.05, 3.63) is 18.2 Å². The summed E-state index contributed by atoms with van der Waals surface area (Å²) < 4.78 is 2.20. The van der Waals surface area contributed by atoms with E-state index in [2.05, 4.69) is 28.3 Å². The van der Waals surface area contributed by atoms with Gasteiger partial charge in [0.25, 0.3) is 0 Å². The molecule has 1 aromatic rings. The molecule has 0 amide bonds. The van der Waals surface area contributed by atoms with Gasteiger partial charge in [-0.15, -0.1) is 0 Å². The number of rotatable bonds is 6. The minimum Gasteiger partial charge on any atom is -0.395 e. The van der Waals surface area contributed by atoms with Gasteiger partial charge < -0.3 is 9.67 Å². The predicted molar refractivity (Wildman–Crippen MR) is 63.1 cm³/mol. The lowest BCUT2D eigenvalue weighted by Gasteiger charge is -2.22. The number of imidazole rings is 1. The van der Waals surface area contributed by atoms with Gasteiger partial charge in [0.1, 0.15) is 0 Å². The van der Waals surface area contributed by atoms with Crippen LogP contribution >= 0.6 is 0 Å². The molecule has 1 fully saturated rings. The Morgan fingerprint density at radius 2 is 2.31 bits per heavy atom. The second-order valence-electron chi connectivity index (χ2n) is 4.81. The standard InChI is InChI=1S/C12H21N3O/c1-10(2)15-9-13-7-12(15)8-14(5-6-16)11-3-4-11/h7,9-11,16H,3-6,8H2,1-2H3. The summed E-state index contributed by atoms with van der Waals surface area (Å²) in [5.74, 6) is 0. The average Bonchev–Trinajstić information content (AvgIpc) is 2.98. The highest BCUT2D eigenvalue weighted by Gasteiger charge is 2.29. The molecule has 0 radical (unpaired) electrons. The van der Waals surface area contributed by atoms with E-state index in [0.29, 0.717) is 12.1 Å². The third-order valence-electron chi connectivity index (χ3n) is 3.12. The van der Waals surface area contributed by atoms with E-state index in [0.717, 1.165) is 13.1 Å². The van der Waals surface area contributed by atoms with E-state index >= 15 is 0 Å². The lowest BCUT2D eigenvalue weighted by atomic mass is 10.3. The molecular formula is C12H21N3O. The van der Waals surface area contributed by atoms with Crippen molar-refractivity contribution in [2.45, 2.75) is 45.3 Å². The van der Waals surface area contributed by atoms with E-state index in [1.165, 1.54) is 18.5 Å². The van der Waals surface area contributed by atoms with Gasteiger partial charge in [-0.25, -0.2) is 4.98 Å². The molecule has 1 saturated carbocycles. The SMILES string of the molecule is CC(C)n1cncc1CN(CCO)C1CC1. The van der Waals surface area contributed by atoms with Crippen LogP contribution in [0.4, 0.5) is 0 Å². The summed E-state index contributed by atoms with van der Waals surface area (Å²) in [5, 5.41) is 9.06. The predicted octanol–water partition coefficient (Wildman–Crippen LogP) is 1.42. The number of aliphatic hydroxyl groups excluding tert-OH is 1. The topological polar surface area (TPSA) is 41.3 Å². The van der Waals surface area contributed by atoms with E-state index in [-0.39, 0.29) is 6.61 Å². The Hall–Kier alpha value is -0.870. The minimum atomic E-state index is 0.242. The van der Waals surface area contributed by atoms with Crippen molar-refractivity contribution in [1.82, 2.24) is 14.5 Å². The van der Waals surface area contributed by atoms with Crippen molar-refractivity contribution in [1.29, 1.82) is 0 Å². The number of hydrogen-bond donors (Lipinski definition) is 1. The molecule has 1 N–H and O–H groups in total. The van der Waals surface area contributed by atoms with Crippen LogP contribution in [0.2, 0.25) is 0 Å². The Labute approximate surface area is 96.9 Å². The summed E-state index contributed by atoms with van der Waals surface area (Å²) in [4.78, 5) is 6.57. The second kappa shape index (κ2) is 4.97. The van der Waals surface area contributed by atoms with Crippen molar-refractivity contribution in [2.24, 2.45) is 0 Å². The Balaban J connectivity index is 2.02. The fraction of sp³-hybridized carbons (Fsp3) is 0.750. The van der Waals surface area contributed by atoms with Gasteiger partial charge in [0.15, 0.2) is 0 Å². The number of hydrogen-bond acceptors (Lipinski definition) is 3. The number of aromatic nitrogens is 2. The van der Waals surface area contributed by atoms with Crippen LogP contribution in [0.3, 0.4) is 0 Å². The number of aliphatic hydroxyl groups is 1. The number of nitrogens with zero attached hydrogens (tertiary/aromatic N) is 3. The Morgan fingerprint density at radius 1 is 1.56 bits per heavy atom. The molecule has 4 heteroatoms. The Morgan fingerprint density at radius 3 is 2.88 bits per heavy atom. The molecule has 1 aliphatic carbocycles. The van der Waals surface area contributed by atoms with Gasteiger partial charge in [0, 0.05) is 31.4 Å². The summed E-state index contributed by atoms with van der Waals surface area (Å²) in [5.41, 5.74) is 1.25. The minimum absolute atomic E-state index is 0.242. The second-order valence-corrected chi connectivity index (χ2v) is 4.81. The van der Waals surface area contributed by atoms with Crippen molar-refractivity contribution >= 4 is 0 Å². The maximum Gasteiger partial charge on any atom is 0.0951 e. The fourth-order valence-corrected chi connectivity index (χ4v) is 2.09.